The van der Waals surface area contributed by atoms with Crippen LogP contribution in [-0.2, 0) is 11.3 Å². The molecule has 2 heterocycles. The third-order valence-corrected chi connectivity index (χ3v) is 4.94. The van der Waals surface area contributed by atoms with Gasteiger partial charge < -0.3 is 15.0 Å². The van der Waals surface area contributed by atoms with Crippen LogP contribution in [0, 0.1) is 5.82 Å². The van der Waals surface area contributed by atoms with E-state index in [1.165, 1.54) is 24.1 Å². The van der Waals surface area contributed by atoms with Gasteiger partial charge in [0, 0.05) is 35.2 Å². The van der Waals surface area contributed by atoms with Crippen molar-refractivity contribution >= 4 is 38.3 Å². The summed E-state index contributed by atoms with van der Waals surface area (Å²) in [6.45, 7) is 3.78. The highest BCUT2D eigenvalue weighted by molar-refractivity contribution is 9.10. The van der Waals surface area contributed by atoms with Gasteiger partial charge in [-0.15, -0.1) is 0 Å². The first kappa shape index (κ1) is 17.2. The number of anilines is 2. The van der Waals surface area contributed by atoms with Crippen LogP contribution < -0.4 is 10.2 Å². The molecule has 7 heteroatoms. The zero-order chi connectivity index (χ0) is 17.9. The van der Waals surface area contributed by atoms with E-state index in [4.69, 9.17) is 4.74 Å². The zero-order valence-electron chi connectivity index (χ0n) is 14.1. The smallest absolute Gasteiger partial charge is 0.137 e. The molecule has 0 unspecified atom stereocenters. The number of fused-ring (bicyclic) bond motifs is 1. The largest absolute Gasteiger partial charge is 0.378 e. The van der Waals surface area contributed by atoms with Gasteiger partial charge in [-0.2, -0.15) is 0 Å². The van der Waals surface area contributed by atoms with Crippen molar-refractivity contribution in [3.63, 3.8) is 0 Å². The molecule has 1 aliphatic heterocycles. The number of nitrogens with one attached hydrogen (secondary N) is 1. The first-order valence-corrected chi connectivity index (χ1v) is 9.25. The lowest BCUT2D eigenvalue weighted by molar-refractivity contribution is 0.122. The monoisotopic (exact) mass is 416 g/mol. The van der Waals surface area contributed by atoms with E-state index in [0.717, 1.165) is 36.3 Å². The van der Waals surface area contributed by atoms with Crippen molar-refractivity contribution in [2.24, 2.45) is 0 Å². The number of nitrogens with zero attached hydrogens (tertiary/aromatic N) is 3. The van der Waals surface area contributed by atoms with Gasteiger partial charge in [0.2, 0.25) is 0 Å². The van der Waals surface area contributed by atoms with E-state index in [0.29, 0.717) is 23.3 Å². The van der Waals surface area contributed by atoms with Crippen molar-refractivity contribution in [3.8, 4) is 0 Å². The molecule has 1 aliphatic rings. The van der Waals surface area contributed by atoms with Crippen molar-refractivity contribution in [2.75, 3.05) is 36.5 Å². The van der Waals surface area contributed by atoms with E-state index in [-0.39, 0.29) is 5.82 Å². The normalized spacial score (nSPS) is 14.6. The molecule has 1 saturated heterocycles. The van der Waals surface area contributed by atoms with E-state index in [1.54, 1.807) is 6.07 Å². The van der Waals surface area contributed by atoms with E-state index >= 15 is 0 Å². The molecule has 2 aromatic carbocycles. The molecule has 1 aromatic heterocycles. The summed E-state index contributed by atoms with van der Waals surface area (Å²) in [6, 6.07) is 10.8. The van der Waals surface area contributed by atoms with Crippen molar-refractivity contribution in [1.29, 1.82) is 0 Å². The molecule has 0 saturated carbocycles. The van der Waals surface area contributed by atoms with E-state index < -0.39 is 0 Å². The van der Waals surface area contributed by atoms with Gasteiger partial charge in [-0.1, -0.05) is 22.0 Å². The highest BCUT2D eigenvalue weighted by Crippen LogP contribution is 2.28. The van der Waals surface area contributed by atoms with E-state index in [2.05, 4.69) is 48.2 Å². The van der Waals surface area contributed by atoms with Crippen LogP contribution in [0.4, 0.5) is 15.9 Å². The van der Waals surface area contributed by atoms with Gasteiger partial charge in [0.15, 0.2) is 0 Å². The van der Waals surface area contributed by atoms with Gasteiger partial charge in [-0.3, -0.25) is 0 Å². The Morgan fingerprint density at radius 3 is 2.81 bits per heavy atom. The Labute approximate surface area is 159 Å². The molecule has 3 aromatic rings. The number of hydrogen-bond donors (Lipinski definition) is 1. The average molecular weight is 417 g/mol. The van der Waals surface area contributed by atoms with Crippen LogP contribution in [0.25, 0.3) is 10.9 Å². The highest BCUT2D eigenvalue weighted by atomic mass is 79.9. The Morgan fingerprint density at radius 1 is 1.12 bits per heavy atom. The number of ether oxygens (including phenoxy) is 1. The maximum Gasteiger partial charge on any atom is 0.137 e. The molecule has 0 atom stereocenters. The summed E-state index contributed by atoms with van der Waals surface area (Å²) in [4.78, 5) is 10.8. The van der Waals surface area contributed by atoms with Crippen LogP contribution >= 0.6 is 15.9 Å². The Hall–Kier alpha value is -2.25. The second-order valence-corrected chi connectivity index (χ2v) is 7.03. The first-order chi connectivity index (χ1) is 12.7. The Morgan fingerprint density at radius 2 is 1.96 bits per heavy atom. The minimum atomic E-state index is -0.298. The minimum absolute atomic E-state index is 0.298. The average Bonchev–Trinajstić information content (AvgIpc) is 2.67. The molecule has 0 bridgehead atoms. The van der Waals surface area contributed by atoms with Crippen molar-refractivity contribution in [2.45, 2.75) is 6.54 Å². The first-order valence-electron chi connectivity index (χ1n) is 8.46. The van der Waals surface area contributed by atoms with Crippen molar-refractivity contribution in [3.05, 3.63) is 58.6 Å². The number of hydrogen-bond acceptors (Lipinski definition) is 5. The Kier molecular flexibility index (Phi) is 4.99. The fourth-order valence-corrected chi connectivity index (χ4v) is 3.48. The summed E-state index contributed by atoms with van der Waals surface area (Å²) in [5, 5.41) is 4.02. The molecule has 0 amide bonds. The topological polar surface area (TPSA) is 50.3 Å². The third-order valence-electron chi connectivity index (χ3n) is 4.44. The molecular weight excluding hydrogens is 399 g/mol. The summed E-state index contributed by atoms with van der Waals surface area (Å²) >= 11 is 3.56. The summed E-state index contributed by atoms with van der Waals surface area (Å²) in [5.74, 6) is 0.332. The van der Waals surface area contributed by atoms with Crippen LogP contribution in [0.5, 0.6) is 0 Å². The van der Waals surface area contributed by atoms with Gasteiger partial charge >= 0.3 is 0 Å². The SMILES string of the molecule is Fc1ccc2ncnc(NCc3ccc(Br)cc3N3CCOCC3)c2c1. The Bertz CT molecular complexity index is 931. The fourth-order valence-electron chi connectivity index (χ4n) is 3.13. The van der Waals surface area contributed by atoms with Gasteiger partial charge in [-0.05, 0) is 35.9 Å². The van der Waals surface area contributed by atoms with Gasteiger partial charge in [0.05, 0.1) is 18.7 Å². The summed E-state index contributed by atoms with van der Waals surface area (Å²) < 4.78 is 20.1. The molecule has 26 heavy (non-hydrogen) atoms. The van der Waals surface area contributed by atoms with Crippen LogP contribution in [0.3, 0.4) is 0 Å². The predicted molar refractivity (Wildman–Crippen MR) is 104 cm³/mol. The number of aromatic nitrogens is 2. The van der Waals surface area contributed by atoms with Crippen LogP contribution in [0.15, 0.2) is 47.2 Å². The van der Waals surface area contributed by atoms with Crippen LogP contribution in [-0.4, -0.2) is 36.3 Å². The molecule has 0 spiro atoms. The predicted octanol–water partition coefficient (Wildman–Crippen LogP) is 3.98. The molecule has 0 radical (unpaired) electrons. The molecule has 4 rings (SSSR count). The third kappa shape index (κ3) is 3.64. The lowest BCUT2D eigenvalue weighted by Crippen LogP contribution is -2.36. The number of benzene rings is 2. The molecule has 1 N–H and O–H groups in total. The van der Waals surface area contributed by atoms with Crippen molar-refractivity contribution in [1.82, 2.24) is 9.97 Å². The molecular formula is C19H18BrFN4O. The minimum Gasteiger partial charge on any atom is -0.378 e. The van der Waals surface area contributed by atoms with Gasteiger partial charge in [-0.25, -0.2) is 14.4 Å². The van der Waals surface area contributed by atoms with Crippen LogP contribution in [0.1, 0.15) is 5.56 Å². The fraction of sp³-hybridized carbons (Fsp3) is 0.263. The maximum atomic E-state index is 13.6. The Balaban J connectivity index is 1.61. The summed E-state index contributed by atoms with van der Waals surface area (Å²) in [7, 11) is 0. The lowest BCUT2D eigenvalue weighted by Gasteiger charge is -2.31. The van der Waals surface area contributed by atoms with Gasteiger partial charge in [0.25, 0.3) is 0 Å². The number of halogens is 2. The van der Waals surface area contributed by atoms with Crippen molar-refractivity contribution < 1.29 is 9.13 Å². The second-order valence-electron chi connectivity index (χ2n) is 6.11. The maximum absolute atomic E-state index is 13.6. The highest BCUT2D eigenvalue weighted by Gasteiger charge is 2.15. The molecule has 1 fully saturated rings. The number of morpholine rings is 1. The molecule has 0 aliphatic carbocycles. The number of rotatable bonds is 4. The quantitative estimate of drug-likeness (QED) is 0.696. The summed E-state index contributed by atoms with van der Waals surface area (Å²) in [6.07, 6.45) is 1.49. The molecule has 134 valence electrons. The summed E-state index contributed by atoms with van der Waals surface area (Å²) in [5.41, 5.74) is 3.03. The molecule has 5 nitrogen and oxygen atoms in total. The van der Waals surface area contributed by atoms with Crippen LogP contribution in [0.2, 0.25) is 0 Å². The standard InChI is InChI=1S/C19H18BrFN4O/c20-14-2-1-13(18(9-14)25-5-7-26-8-6-25)11-22-19-16-10-15(21)3-4-17(16)23-12-24-19/h1-4,9-10,12H,5-8,11H2,(H,22,23,24). The van der Waals surface area contributed by atoms with E-state index in [9.17, 15) is 4.39 Å². The lowest BCUT2D eigenvalue weighted by atomic mass is 10.1. The zero-order valence-corrected chi connectivity index (χ0v) is 15.7. The van der Waals surface area contributed by atoms with Gasteiger partial charge in [0.1, 0.15) is 18.0 Å². The second kappa shape index (κ2) is 7.55. The van der Waals surface area contributed by atoms with E-state index in [1.807, 2.05) is 6.07 Å².